The summed E-state index contributed by atoms with van der Waals surface area (Å²) in [6.45, 7) is 5.40. The van der Waals surface area contributed by atoms with Crippen molar-refractivity contribution in [3.63, 3.8) is 0 Å². The van der Waals surface area contributed by atoms with Gasteiger partial charge in [0.15, 0.2) is 5.65 Å². The second-order valence-electron chi connectivity index (χ2n) is 8.10. The SMILES string of the molecule is Cc1cc(C(=O)N2CCC(c3cc4ccccc4[nH]3)CC2)c2c(C)nn(C)c2n1. The first-order valence-electron chi connectivity index (χ1n) is 10.2. The summed E-state index contributed by atoms with van der Waals surface area (Å²) in [6.07, 6.45) is 1.94. The fourth-order valence-corrected chi connectivity index (χ4v) is 4.62. The lowest BCUT2D eigenvalue weighted by Gasteiger charge is -2.32. The Labute approximate surface area is 169 Å². The second-order valence-corrected chi connectivity index (χ2v) is 8.10. The lowest BCUT2D eigenvalue weighted by molar-refractivity contribution is 0.0714. The van der Waals surface area contributed by atoms with Crippen molar-refractivity contribution in [2.45, 2.75) is 32.6 Å². The fourth-order valence-electron chi connectivity index (χ4n) is 4.62. The molecular formula is C23H25N5O. The van der Waals surface area contributed by atoms with Crippen LogP contribution in [0.4, 0.5) is 0 Å². The molecule has 0 spiro atoms. The van der Waals surface area contributed by atoms with Crippen LogP contribution in [-0.4, -0.2) is 43.6 Å². The van der Waals surface area contributed by atoms with Crippen LogP contribution < -0.4 is 0 Å². The molecular weight excluding hydrogens is 362 g/mol. The summed E-state index contributed by atoms with van der Waals surface area (Å²) < 4.78 is 1.76. The van der Waals surface area contributed by atoms with Crippen LogP contribution in [0.2, 0.25) is 0 Å². The number of nitrogens with one attached hydrogen (secondary N) is 1. The molecule has 6 heteroatoms. The molecule has 6 nitrogen and oxygen atoms in total. The van der Waals surface area contributed by atoms with Crippen LogP contribution in [0.3, 0.4) is 0 Å². The molecule has 1 saturated heterocycles. The molecule has 0 aliphatic carbocycles. The predicted molar refractivity (Wildman–Crippen MR) is 114 cm³/mol. The Morgan fingerprint density at radius 3 is 2.66 bits per heavy atom. The van der Waals surface area contributed by atoms with Crippen LogP contribution in [0, 0.1) is 13.8 Å². The standard InChI is InChI=1S/C23H25N5O/c1-14-12-18(21-15(2)26-27(3)22(21)24-14)23(29)28-10-8-16(9-11-28)20-13-17-6-4-5-7-19(17)25-20/h4-7,12-13,16,25H,8-11H2,1-3H3. The molecule has 1 aliphatic rings. The number of carbonyl (C=O) groups excluding carboxylic acids is 1. The molecule has 3 aromatic heterocycles. The van der Waals surface area contributed by atoms with E-state index in [9.17, 15) is 4.79 Å². The van der Waals surface area contributed by atoms with Gasteiger partial charge in [0.05, 0.1) is 16.6 Å². The van der Waals surface area contributed by atoms with Gasteiger partial charge in [-0.3, -0.25) is 9.48 Å². The summed E-state index contributed by atoms with van der Waals surface area (Å²) in [5.74, 6) is 0.553. The monoisotopic (exact) mass is 387 g/mol. The van der Waals surface area contributed by atoms with Crippen molar-refractivity contribution < 1.29 is 4.79 Å². The van der Waals surface area contributed by atoms with E-state index in [-0.39, 0.29) is 5.91 Å². The van der Waals surface area contributed by atoms with Crippen LogP contribution in [0.1, 0.15) is 46.2 Å². The highest BCUT2D eigenvalue weighted by molar-refractivity contribution is 6.06. The number of nitrogens with zero attached hydrogens (tertiary/aromatic N) is 4. The molecule has 1 fully saturated rings. The third kappa shape index (κ3) is 2.99. The number of H-pyrrole nitrogens is 1. The number of fused-ring (bicyclic) bond motifs is 2. The Kier molecular flexibility index (Phi) is 4.15. The van der Waals surface area contributed by atoms with E-state index in [4.69, 9.17) is 0 Å². The van der Waals surface area contributed by atoms with Crippen molar-refractivity contribution in [3.8, 4) is 0 Å². The van der Waals surface area contributed by atoms with Crippen LogP contribution in [0.15, 0.2) is 36.4 Å². The van der Waals surface area contributed by atoms with Crippen molar-refractivity contribution in [2.75, 3.05) is 13.1 Å². The minimum Gasteiger partial charge on any atom is -0.358 e. The number of para-hydroxylation sites is 1. The largest absolute Gasteiger partial charge is 0.358 e. The first-order chi connectivity index (χ1) is 14.0. The van der Waals surface area contributed by atoms with Gasteiger partial charge >= 0.3 is 0 Å². The zero-order valence-corrected chi connectivity index (χ0v) is 17.1. The zero-order valence-electron chi connectivity index (χ0n) is 17.1. The molecule has 29 heavy (non-hydrogen) atoms. The number of aromatic nitrogens is 4. The van der Waals surface area contributed by atoms with Crippen molar-refractivity contribution in [2.24, 2.45) is 7.05 Å². The molecule has 4 aromatic rings. The average Bonchev–Trinajstić information content (AvgIpc) is 3.28. The Morgan fingerprint density at radius 1 is 1.14 bits per heavy atom. The van der Waals surface area contributed by atoms with E-state index in [1.165, 1.54) is 16.6 Å². The Bertz CT molecular complexity index is 1190. The van der Waals surface area contributed by atoms with Crippen LogP contribution >= 0.6 is 0 Å². The van der Waals surface area contributed by atoms with Gasteiger partial charge in [-0.15, -0.1) is 0 Å². The van der Waals surface area contributed by atoms with Gasteiger partial charge in [0.25, 0.3) is 5.91 Å². The fraction of sp³-hybridized carbons (Fsp3) is 0.348. The number of carbonyl (C=O) groups is 1. The third-order valence-electron chi connectivity index (χ3n) is 6.10. The second kappa shape index (κ2) is 6.72. The molecule has 1 aromatic carbocycles. The number of rotatable bonds is 2. The van der Waals surface area contributed by atoms with Gasteiger partial charge in [0.2, 0.25) is 0 Å². The molecule has 0 saturated carbocycles. The van der Waals surface area contributed by atoms with Crippen molar-refractivity contribution in [3.05, 3.63) is 59.0 Å². The number of likely N-dealkylation sites (tertiary alicyclic amines) is 1. The Hall–Kier alpha value is -3.15. The van der Waals surface area contributed by atoms with Gasteiger partial charge in [0, 0.05) is 43.0 Å². The number of benzene rings is 1. The lowest BCUT2D eigenvalue weighted by Crippen LogP contribution is -2.38. The quantitative estimate of drug-likeness (QED) is 0.563. The van der Waals surface area contributed by atoms with E-state index >= 15 is 0 Å². The molecule has 1 amide bonds. The highest BCUT2D eigenvalue weighted by atomic mass is 16.2. The van der Waals surface area contributed by atoms with Crippen LogP contribution in [0.5, 0.6) is 0 Å². The number of amides is 1. The van der Waals surface area contributed by atoms with Crippen molar-refractivity contribution in [1.29, 1.82) is 0 Å². The number of aryl methyl sites for hydroxylation is 3. The topological polar surface area (TPSA) is 66.8 Å². The number of hydrogen-bond acceptors (Lipinski definition) is 3. The molecule has 1 aliphatic heterocycles. The van der Waals surface area contributed by atoms with Gasteiger partial charge in [-0.2, -0.15) is 5.10 Å². The highest BCUT2D eigenvalue weighted by Gasteiger charge is 2.27. The van der Waals surface area contributed by atoms with Gasteiger partial charge in [-0.25, -0.2) is 4.98 Å². The van der Waals surface area contributed by atoms with Gasteiger partial charge in [-0.1, -0.05) is 18.2 Å². The van der Waals surface area contributed by atoms with E-state index in [2.05, 4.69) is 45.4 Å². The summed E-state index contributed by atoms with van der Waals surface area (Å²) in [6, 6.07) is 12.5. The van der Waals surface area contributed by atoms with Crippen LogP contribution in [-0.2, 0) is 7.05 Å². The summed E-state index contributed by atoms with van der Waals surface area (Å²) in [5.41, 5.74) is 5.66. The molecule has 0 atom stereocenters. The summed E-state index contributed by atoms with van der Waals surface area (Å²) >= 11 is 0. The zero-order chi connectivity index (χ0) is 20.1. The maximum Gasteiger partial charge on any atom is 0.254 e. The van der Waals surface area contributed by atoms with Crippen molar-refractivity contribution >= 4 is 27.8 Å². The normalized spacial score (nSPS) is 15.5. The van der Waals surface area contributed by atoms with E-state index in [1.54, 1.807) is 4.68 Å². The van der Waals surface area contributed by atoms with E-state index in [0.717, 1.165) is 53.9 Å². The van der Waals surface area contributed by atoms with Crippen molar-refractivity contribution in [1.82, 2.24) is 24.6 Å². The highest BCUT2D eigenvalue weighted by Crippen LogP contribution is 2.31. The predicted octanol–water partition coefficient (Wildman–Crippen LogP) is 4.09. The Balaban J connectivity index is 1.38. The summed E-state index contributed by atoms with van der Waals surface area (Å²) in [5, 5.41) is 6.60. The number of hydrogen-bond donors (Lipinski definition) is 1. The number of piperidine rings is 1. The molecule has 5 rings (SSSR count). The van der Waals surface area contributed by atoms with E-state index in [1.807, 2.05) is 31.9 Å². The number of pyridine rings is 1. The van der Waals surface area contributed by atoms with E-state index in [0.29, 0.717) is 5.92 Å². The first kappa shape index (κ1) is 17.9. The van der Waals surface area contributed by atoms with E-state index < -0.39 is 0 Å². The average molecular weight is 387 g/mol. The maximum atomic E-state index is 13.4. The molecule has 0 bridgehead atoms. The van der Waals surface area contributed by atoms with Gasteiger partial charge in [-0.05, 0) is 50.3 Å². The van der Waals surface area contributed by atoms with Gasteiger partial charge in [0.1, 0.15) is 0 Å². The Morgan fingerprint density at radius 2 is 1.90 bits per heavy atom. The first-order valence-corrected chi connectivity index (χ1v) is 10.2. The minimum absolute atomic E-state index is 0.0895. The summed E-state index contributed by atoms with van der Waals surface area (Å²) in [7, 11) is 1.88. The molecule has 148 valence electrons. The number of aromatic amines is 1. The van der Waals surface area contributed by atoms with Crippen LogP contribution in [0.25, 0.3) is 21.9 Å². The maximum absolute atomic E-state index is 13.4. The van der Waals surface area contributed by atoms with Gasteiger partial charge < -0.3 is 9.88 Å². The minimum atomic E-state index is 0.0895. The third-order valence-corrected chi connectivity index (χ3v) is 6.10. The molecule has 4 heterocycles. The smallest absolute Gasteiger partial charge is 0.254 e. The lowest BCUT2D eigenvalue weighted by atomic mass is 9.93. The summed E-state index contributed by atoms with van der Waals surface area (Å²) in [4.78, 5) is 23.5. The molecule has 1 N–H and O–H groups in total. The molecule has 0 radical (unpaired) electrons. The molecule has 0 unspecified atom stereocenters.